The first-order valence-electron chi connectivity index (χ1n) is 10.0. The number of carbonyl (C=O) groups is 1. The first-order valence-corrected chi connectivity index (χ1v) is 10.0. The molecular formula is C23H30N2O3. The summed E-state index contributed by atoms with van der Waals surface area (Å²) >= 11 is 0. The van der Waals surface area contributed by atoms with E-state index in [0.717, 1.165) is 30.7 Å². The number of piperidine rings is 1. The molecule has 5 nitrogen and oxygen atoms in total. The molecule has 5 heteroatoms. The SMILES string of the molecule is COc1ccc2c(c1)C1(C)CCN(C)C(C2)C1(O)C1C=C(C(N)=O)C=CC1C. The van der Waals surface area contributed by atoms with Crippen LogP contribution in [0.1, 0.15) is 31.4 Å². The van der Waals surface area contributed by atoms with Gasteiger partial charge in [0.05, 0.1) is 12.7 Å². The average Bonchev–Trinajstić information content (AvgIpc) is 2.67. The maximum atomic E-state index is 12.5. The number of nitrogens with zero attached hydrogens (tertiary/aromatic N) is 1. The van der Waals surface area contributed by atoms with Crippen molar-refractivity contribution in [1.82, 2.24) is 4.90 Å². The zero-order valence-electron chi connectivity index (χ0n) is 17.1. The van der Waals surface area contributed by atoms with Gasteiger partial charge >= 0.3 is 0 Å². The Morgan fingerprint density at radius 3 is 2.82 bits per heavy atom. The molecule has 2 aliphatic carbocycles. The van der Waals surface area contributed by atoms with Gasteiger partial charge in [-0.05, 0) is 55.6 Å². The highest BCUT2D eigenvalue weighted by Gasteiger charge is 2.63. The lowest BCUT2D eigenvalue weighted by molar-refractivity contribution is -0.165. The normalized spacial score (nSPS) is 37.2. The van der Waals surface area contributed by atoms with E-state index in [1.165, 1.54) is 5.56 Å². The number of primary amides is 1. The number of allylic oxidation sites excluding steroid dienone is 1. The Balaban J connectivity index is 1.92. The van der Waals surface area contributed by atoms with Crippen molar-refractivity contribution in [2.45, 2.75) is 43.7 Å². The number of likely N-dealkylation sites (tertiary alicyclic amines) is 1. The smallest absolute Gasteiger partial charge is 0.248 e. The van der Waals surface area contributed by atoms with Crippen LogP contribution in [-0.2, 0) is 16.6 Å². The van der Waals surface area contributed by atoms with Crippen LogP contribution in [0.15, 0.2) is 42.0 Å². The van der Waals surface area contributed by atoms with Crippen molar-refractivity contribution < 1.29 is 14.6 Å². The van der Waals surface area contributed by atoms with Crippen molar-refractivity contribution in [3.63, 3.8) is 0 Å². The number of hydrogen-bond acceptors (Lipinski definition) is 4. The maximum absolute atomic E-state index is 12.5. The summed E-state index contributed by atoms with van der Waals surface area (Å²) in [6.07, 6.45) is 7.30. The fraction of sp³-hybridized carbons (Fsp3) is 0.522. The Hall–Kier alpha value is -2.11. The number of nitrogens with two attached hydrogens (primary N) is 1. The highest BCUT2D eigenvalue weighted by Crippen LogP contribution is 2.56. The second kappa shape index (κ2) is 6.46. The van der Waals surface area contributed by atoms with Crippen LogP contribution in [0.3, 0.4) is 0 Å². The van der Waals surface area contributed by atoms with Crippen LogP contribution in [0, 0.1) is 11.8 Å². The number of likely N-dealkylation sites (N-methyl/N-ethyl adjacent to an activating group) is 1. The number of methoxy groups -OCH3 is 1. The molecule has 5 unspecified atom stereocenters. The molecule has 0 aromatic heterocycles. The predicted molar refractivity (Wildman–Crippen MR) is 109 cm³/mol. The highest BCUT2D eigenvalue weighted by molar-refractivity contribution is 5.95. The van der Waals surface area contributed by atoms with E-state index >= 15 is 0 Å². The number of ether oxygens (including phenoxy) is 1. The lowest BCUT2D eigenvalue weighted by atomic mass is 9.50. The van der Waals surface area contributed by atoms with Crippen molar-refractivity contribution in [3.05, 3.63) is 53.1 Å². The van der Waals surface area contributed by atoms with E-state index in [-0.39, 0.29) is 17.9 Å². The molecule has 150 valence electrons. The molecule has 1 aliphatic heterocycles. The van der Waals surface area contributed by atoms with Crippen LogP contribution < -0.4 is 10.5 Å². The average molecular weight is 383 g/mol. The lowest BCUT2D eigenvalue weighted by Gasteiger charge is -2.63. The Labute approximate surface area is 166 Å². The second-order valence-electron chi connectivity index (χ2n) is 8.86. The van der Waals surface area contributed by atoms with E-state index in [1.807, 2.05) is 18.2 Å². The minimum absolute atomic E-state index is 0.0310. The van der Waals surface area contributed by atoms with Gasteiger partial charge in [0.2, 0.25) is 5.91 Å². The lowest BCUT2D eigenvalue weighted by Crippen LogP contribution is -2.73. The van der Waals surface area contributed by atoms with E-state index < -0.39 is 16.9 Å². The second-order valence-corrected chi connectivity index (χ2v) is 8.86. The van der Waals surface area contributed by atoms with E-state index in [1.54, 1.807) is 13.2 Å². The molecule has 0 radical (unpaired) electrons. The minimum atomic E-state index is -1.02. The molecule has 1 aromatic carbocycles. The summed E-state index contributed by atoms with van der Waals surface area (Å²) < 4.78 is 5.49. The summed E-state index contributed by atoms with van der Waals surface area (Å²) in [5.41, 5.74) is 7.01. The van der Waals surface area contributed by atoms with Gasteiger partial charge in [-0.15, -0.1) is 0 Å². The monoisotopic (exact) mass is 382 g/mol. The Kier molecular flexibility index (Phi) is 4.43. The third-order valence-corrected chi connectivity index (χ3v) is 7.51. The molecule has 3 N–H and O–H groups in total. The summed E-state index contributed by atoms with van der Waals surface area (Å²) in [7, 11) is 3.76. The topological polar surface area (TPSA) is 75.8 Å². The molecule has 1 aromatic rings. The standard InChI is InChI=1S/C23H30N2O3/c1-14-5-6-16(21(24)26)11-18(14)23(27)20-12-15-7-8-17(28-4)13-19(15)22(23,2)9-10-25(20)3/h5-8,11,13-14,18,20,27H,9-10,12H2,1-4H3,(H2,24,26). The van der Waals surface area contributed by atoms with Crippen LogP contribution in [-0.4, -0.2) is 48.3 Å². The van der Waals surface area contributed by atoms with Crippen molar-refractivity contribution in [2.75, 3.05) is 20.7 Å². The summed E-state index contributed by atoms with van der Waals surface area (Å²) in [4.78, 5) is 14.1. The molecule has 1 saturated heterocycles. The molecule has 3 aliphatic rings. The van der Waals surface area contributed by atoms with Crippen LogP contribution in [0.4, 0.5) is 0 Å². The molecule has 1 heterocycles. The maximum Gasteiger partial charge on any atom is 0.248 e. The van der Waals surface area contributed by atoms with Crippen LogP contribution in [0.25, 0.3) is 0 Å². The fourth-order valence-corrected chi connectivity index (χ4v) is 5.76. The van der Waals surface area contributed by atoms with Gasteiger partial charge in [-0.1, -0.05) is 38.1 Å². The van der Waals surface area contributed by atoms with Crippen molar-refractivity contribution in [2.24, 2.45) is 17.6 Å². The van der Waals surface area contributed by atoms with Crippen molar-refractivity contribution >= 4 is 5.91 Å². The molecule has 1 fully saturated rings. The number of fused-ring (bicyclic) bond motifs is 4. The van der Waals surface area contributed by atoms with Gasteiger partial charge in [-0.25, -0.2) is 0 Å². The highest BCUT2D eigenvalue weighted by atomic mass is 16.5. The number of hydrogen-bond donors (Lipinski definition) is 2. The first-order chi connectivity index (χ1) is 13.2. The summed E-state index contributed by atoms with van der Waals surface area (Å²) in [5.74, 6) is 0.272. The molecular weight excluding hydrogens is 352 g/mol. The number of amides is 1. The van der Waals surface area contributed by atoms with Gasteiger partial charge in [0, 0.05) is 22.9 Å². The number of aliphatic hydroxyl groups is 1. The van der Waals surface area contributed by atoms with Crippen molar-refractivity contribution in [1.29, 1.82) is 0 Å². The zero-order chi connectivity index (χ0) is 20.3. The van der Waals surface area contributed by atoms with Crippen molar-refractivity contribution in [3.8, 4) is 5.75 Å². The summed E-state index contributed by atoms with van der Waals surface area (Å²) in [5, 5.41) is 12.5. The largest absolute Gasteiger partial charge is 0.497 e. The fourth-order valence-electron chi connectivity index (χ4n) is 5.76. The van der Waals surface area contributed by atoms with Crippen LogP contribution in [0.5, 0.6) is 5.75 Å². The molecule has 1 amide bonds. The van der Waals surface area contributed by atoms with E-state index in [9.17, 15) is 9.90 Å². The first kappa shape index (κ1) is 19.2. The van der Waals surface area contributed by atoms with E-state index in [0.29, 0.717) is 5.57 Å². The molecule has 0 spiro atoms. The quantitative estimate of drug-likeness (QED) is 0.840. The molecule has 0 saturated carbocycles. The van der Waals surface area contributed by atoms with Gasteiger partial charge < -0.3 is 20.5 Å². The van der Waals surface area contributed by atoms with Gasteiger partial charge in [0.15, 0.2) is 0 Å². The number of rotatable bonds is 3. The van der Waals surface area contributed by atoms with Gasteiger partial charge in [0.1, 0.15) is 5.75 Å². The number of benzene rings is 1. The van der Waals surface area contributed by atoms with Crippen LogP contribution in [0.2, 0.25) is 0 Å². The third kappa shape index (κ3) is 2.49. The van der Waals surface area contributed by atoms with Gasteiger partial charge in [-0.2, -0.15) is 0 Å². The minimum Gasteiger partial charge on any atom is -0.497 e. The molecule has 28 heavy (non-hydrogen) atoms. The summed E-state index contributed by atoms with van der Waals surface area (Å²) in [6, 6.07) is 6.19. The van der Waals surface area contributed by atoms with Gasteiger partial charge in [0.25, 0.3) is 0 Å². The summed E-state index contributed by atoms with van der Waals surface area (Å²) in [6.45, 7) is 5.20. The Morgan fingerprint density at radius 2 is 2.14 bits per heavy atom. The van der Waals surface area contributed by atoms with Gasteiger partial charge in [-0.3, -0.25) is 4.79 Å². The Morgan fingerprint density at radius 1 is 1.39 bits per heavy atom. The Bertz CT molecular complexity index is 877. The van der Waals surface area contributed by atoms with E-state index in [2.05, 4.69) is 37.9 Å². The number of carbonyl (C=O) groups excluding carboxylic acids is 1. The van der Waals surface area contributed by atoms with E-state index in [4.69, 9.17) is 10.5 Å². The van der Waals surface area contributed by atoms with Crippen LogP contribution >= 0.6 is 0 Å². The third-order valence-electron chi connectivity index (χ3n) is 7.51. The molecule has 5 atom stereocenters. The molecule has 2 bridgehead atoms. The zero-order valence-corrected chi connectivity index (χ0v) is 17.1. The molecule has 4 rings (SSSR count). The predicted octanol–water partition coefficient (Wildman–Crippen LogP) is 2.18.